The van der Waals surface area contributed by atoms with Crippen LogP contribution in [0.4, 0.5) is 0 Å². The highest BCUT2D eigenvalue weighted by Gasteiger charge is 2.27. The van der Waals surface area contributed by atoms with Gasteiger partial charge in [-0.15, -0.1) is 11.3 Å². The molecule has 0 radical (unpaired) electrons. The number of piperidine rings is 1. The zero-order chi connectivity index (χ0) is 18.4. The highest BCUT2D eigenvalue weighted by atomic mass is 32.1. The van der Waals surface area contributed by atoms with Gasteiger partial charge in [-0.2, -0.15) is 0 Å². The molecule has 1 aliphatic rings. The van der Waals surface area contributed by atoms with E-state index in [1.165, 1.54) is 9.71 Å². The number of hydrogen-bond donors (Lipinski definition) is 0. The third kappa shape index (κ3) is 2.90. The number of pyridine rings is 1. The molecule has 0 atom stereocenters. The summed E-state index contributed by atoms with van der Waals surface area (Å²) in [6.07, 6.45) is 3.77. The summed E-state index contributed by atoms with van der Waals surface area (Å²) in [6, 6.07) is 14.2. The largest absolute Gasteiger partial charge is 0.337 e. The zero-order valence-corrected chi connectivity index (χ0v) is 15.9. The number of nitrogens with zero attached hydrogens (tertiary/aromatic N) is 4. The number of imidazole rings is 1. The molecule has 136 valence electrons. The van der Waals surface area contributed by atoms with Gasteiger partial charge in [-0.05, 0) is 44.0 Å². The SMILES string of the molecule is Cc1cccc2nc(C(=O)N3CCC(c4nc5ccccc5s4)CC3)cn12. The molecular formula is C21H20N4OS. The molecule has 5 rings (SSSR count). The lowest BCUT2D eigenvalue weighted by atomic mass is 9.97. The Bertz CT molecular complexity index is 1100. The Morgan fingerprint density at radius 2 is 1.89 bits per heavy atom. The maximum absolute atomic E-state index is 12.9. The van der Waals surface area contributed by atoms with Crippen molar-refractivity contribution in [1.29, 1.82) is 0 Å². The number of carbonyl (C=O) groups is 1. The first-order chi connectivity index (χ1) is 13.2. The Kier molecular flexibility index (Phi) is 3.93. The molecule has 0 bridgehead atoms. The maximum Gasteiger partial charge on any atom is 0.274 e. The van der Waals surface area contributed by atoms with E-state index in [1.54, 1.807) is 11.3 Å². The summed E-state index contributed by atoms with van der Waals surface area (Å²) in [4.78, 5) is 24.2. The summed E-state index contributed by atoms with van der Waals surface area (Å²) in [5, 5.41) is 1.20. The monoisotopic (exact) mass is 376 g/mol. The summed E-state index contributed by atoms with van der Waals surface area (Å²) in [5.74, 6) is 0.468. The molecule has 0 unspecified atom stereocenters. The Balaban J connectivity index is 1.31. The van der Waals surface area contributed by atoms with E-state index in [9.17, 15) is 4.79 Å². The van der Waals surface area contributed by atoms with Crippen molar-refractivity contribution < 1.29 is 4.79 Å². The summed E-state index contributed by atoms with van der Waals surface area (Å²) in [7, 11) is 0. The topological polar surface area (TPSA) is 50.5 Å². The number of carbonyl (C=O) groups excluding carboxylic acids is 1. The van der Waals surface area contributed by atoms with Crippen LogP contribution in [0.5, 0.6) is 0 Å². The van der Waals surface area contributed by atoms with Crippen molar-refractivity contribution in [3.05, 3.63) is 65.1 Å². The van der Waals surface area contributed by atoms with Gasteiger partial charge in [0.25, 0.3) is 5.91 Å². The van der Waals surface area contributed by atoms with Crippen LogP contribution in [0.15, 0.2) is 48.7 Å². The number of benzene rings is 1. The molecule has 4 heterocycles. The second-order valence-corrected chi connectivity index (χ2v) is 8.17. The lowest BCUT2D eigenvalue weighted by Crippen LogP contribution is -2.38. The molecule has 1 saturated heterocycles. The summed E-state index contributed by atoms with van der Waals surface area (Å²) in [5.41, 5.74) is 3.51. The number of likely N-dealkylation sites (tertiary alicyclic amines) is 1. The van der Waals surface area contributed by atoms with Gasteiger partial charge in [-0.1, -0.05) is 18.2 Å². The Morgan fingerprint density at radius 1 is 1.07 bits per heavy atom. The first-order valence-corrected chi connectivity index (χ1v) is 10.1. The van der Waals surface area contributed by atoms with E-state index in [4.69, 9.17) is 4.98 Å². The molecule has 0 spiro atoms. The molecule has 1 amide bonds. The smallest absolute Gasteiger partial charge is 0.274 e. The predicted octanol–water partition coefficient (Wildman–Crippen LogP) is 4.27. The van der Waals surface area contributed by atoms with Crippen molar-refractivity contribution in [2.45, 2.75) is 25.7 Å². The molecule has 0 aliphatic carbocycles. The molecule has 27 heavy (non-hydrogen) atoms. The van der Waals surface area contributed by atoms with Crippen LogP contribution >= 0.6 is 11.3 Å². The van der Waals surface area contributed by atoms with Crippen LogP contribution in [-0.2, 0) is 0 Å². The molecule has 1 aromatic carbocycles. The normalized spacial score (nSPS) is 15.7. The van der Waals surface area contributed by atoms with Crippen LogP contribution in [-0.4, -0.2) is 38.3 Å². The minimum absolute atomic E-state index is 0.0286. The molecule has 5 nitrogen and oxygen atoms in total. The lowest BCUT2D eigenvalue weighted by molar-refractivity contribution is 0.0707. The van der Waals surface area contributed by atoms with Gasteiger partial charge < -0.3 is 9.30 Å². The van der Waals surface area contributed by atoms with Gasteiger partial charge in [0, 0.05) is 30.9 Å². The number of amides is 1. The fourth-order valence-corrected chi connectivity index (χ4v) is 4.94. The van der Waals surface area contributed by atoms with Crippen molar-refractivity contribution in [3.63, 3.8) is 0 Å². The molecular weight excluding hydrogens is 356 g/mol. The van der Waals surface area contributed by atoms with E-state index < -0.39 is 0 Å². The fourth-order valence-electron chi connectivity index (χ4n) is 3.81. The number of rotatable bonds is 2. The van der Waals surface area contributed by atoms with Crippen LogP contribution in [0.1, 0.15) is 39.9 Å². The zero-order valence-electron chi connectivity index (χ0n) is 15.1. The number of aryl methyl sites for hydroxylation is 1. The molecule has 0 N–H and O–H groups in total. The minimum atomic E-state index is 0.0286. The average Bonchev–Trinajstić information content (AvgIpc) is 3.32. The van der Waals surface area contributed by atoms with Crippen LogP contribution < -0.4 is 0 Å². The highest BCUT2D eigenvalue weighted by Crippen LogP contribution is 2.34. The molecule has 4 aromatic rings. The average molecular weight is 376 g/mol. The van der Waals surface area contributed by atoms with E-state index in [0.29, 0.717) is 11.6 Å². The van der Waals surface area contributed by atoms with Gasteiger partial charge in [-0.3, -0.25) is 4.79 Å². The first-order valence-electron chi connectivity index (χ1n) is 9.28. The van der Waals surface area contributed by atoms with Crippen molar-refractivity contribution in [2.75, 3.05) is 13.1 Å². The van der Waals surface area contributed by atoms with E-state index in [2.05, 4.69) is 23.2 Å². The van der Waals surface area contributed by atoms with Gasteiger partial charge in [-0.25, -0.2) is 9.97 Å². The van der Waals surface area contributed by atoms with Crippen LogP contribution in [0.2, 0.25) is 0 Å². The van der Waals surface area contributed by atoms with Gasteiger partial charge in [0.05, 0.1) is 15.2 Å². The quantitative estimate of drug-likeness (QED) is 0.525. The number of aromatic nitrogens is 3. The number of hydrogen-bond acceptors (Lipinski definition) is 4. The van der Waals surface area contributed by atoms with Crippen molar-refractivity contribution in [1.82, 2.24) is 19.3 Å². The Morgan fingerprint density at radius 3 is 2.67 bits per heavy atom. The van der Waals surface area contributed by atoms with Crippen molar-refractivity contribution in [2.24, 2.45) is 0 Å². The Labute approximate surface area is 161 Å². The number of thiazole rings is 1. The summed E-state index contributed by atoms with van der Waals surface area (Å²) < 4.78 is 3.22. The van der Waals surface area contributed by atoms with E-state index in [-0.39, 0.29) is 5.91 Å². The summed E-state index contributed by atoms with van der Waals surface area (Å²) >= 11 is 1.78. The van der Waals surface area contributed by atoms with Gasteiger partial charge in [0.1, 0.15) is 11.3 Å². The van der Waals surface area contributed by atoms with E-state index in [0.717, 1.165) is 42.8 Å². The lowest BCUT2D eigenvalue weighted by Gasteiger charge is -2.30. The molecule has 6 heteroatoms. The second-order valence-electron chi connectivity index (χ2n) is 7.11. The Hall–Kier alpha value is -2.73. The summed E-state index contributed by atoms with van der Waals surface area (Å²) in [6.45, 7) is 3.53. The first kappa shape index (κ1) is 16.4. The van der Waals surface area contributed by atoms with E-state index in [1.807, 2.05) is 46.7 Å². The van der Waals surface area contributed by atoms with Crippen LogP contribution in [0.3, 0.4) is 0 Å². The van der Waals surface area contributed by atoms with Crippen molar-refractivity contribution in [3.8, 4) is 0 Å². The maximum atomic E-state index is 12.9. The third-order valence-corrected chi connectivity index (χ3v) is 6.56. The fraction of sp³-hybridized carbons (Fsp3) is 0.286. The molecule has 1 aliphatic heterocycles. The predicted molar refractivity (Wildman–Crippen MR) is 107 cm³/mol. The molecule has 3 aromatic heterocycles. The second kappa shape index (κ2) is 6.46. The van der Waals surface area contributed by atoms with E-state index >= 15 is 0 Å². The van der Waals surface area contributed by atoms with Gasteiger partial charge in [0.2, 0.25) is 0 Å². The number of para-hydroxylation sites is 1. The molecule has 0 saturated carbocycles. The highest BCUT2D eigenvalue weighted by molar-refractivity contribution is 7.18. The third-order valence-electron chi connectivity index (χ3n) is 5.36. The minimum Gasteiger partial charge on any atom is -0.337 e. The number of fused-ring (bicyclic) bond motifs is 2. The van der Waals surface area contributed by atoms with Gasteiger partial charge >= 0.3 is 0 Å². The molecule has 1 fully saturated rings. The van der Waals surface area contributed by atoms with Crippen molar-refractivity contribution >= 4 is 33.1 Å². The standard InChI is InChI=1S/C21H20N4OS/c1-14-5-4-8-19-22-17(13-25(14)19)21(26)24-11-9-15(10-12-24)20-23-16-6-2-3-7-18(16)27-20/h2-8,13,15H,9-12H2,1H3. The van der Waals surface area contributed by atoms with Crippen LogP contribution in [0, 0.1) is 6.92 Å². The van der Waals surface area contributed by atoms with Gasteiger partial charge in [0.15, 0.2) is 0 Å². The van der Waals surface area contributed by atoms with Crippen LogP contribution in [0.25, 0.3) is 15.9 Å².